The molecule has 1 N–H and O–H groups in total. The number of aryl methyl sites for hydroxylation is 2. The maximum absolute atomic E-state index is 13.7. The molecule has 1 aromatic carbocycles. The average Bonchev–Trinajstić information content (AvgIpc) is 3.71. The first-order chi connectivity index (χ1) is 19.7. The van der Waals surface area contributed by atoms with Crippen molar-refractivity contribution in [2.24, 2.45) is 0 Å². The summed E-state index contributed by atoms with van der Waals surface area (Å²) in [5, 5.41) is 14.0. The standard InChI is InChI=1S/C28H27F3N8O2/c1-3-5-8-19-17-39(26-22(13-14-37(26)4-2)24(40)28(29,30)31)27(41)38(19)16-18-11-12-23(32-15-18)20-9-6-7-10-21(20)25-33-35-36-34-25/h6-7,9-15,17H,3-5,8,16H2,1-2H3,(H,33,34,35,36). The number of hydrogen-bond acceptors (Lipinski definition) is 6. The molecule has 0 saturated carbocycles. The highest BCUT2D eigenvalue weighted by Gasteiger charge is 2.41. The SMILES string of the molecule is CCCCc1cn(-c2c(C(=O)C(F)(F)F)ccn2CC)c(=O)n1Cc1ccc(-c2ccccc2-c2nnn[nH]2)nc1. The second-order valence-electron chi connectivity index (χ2n) is 9.48. The van der Waals surface area contributed by atoms with Crippen LogP contribution in [-0.4, -0.2) is 51.3 Å². The van der Waals surface area contributed by atoms with Gasteiger partial charge in [-0.15, -0.1) is 5.10 Å². The van der Waals surface area contributed by atoms with Gasteiger partial charge in [0.2, 0.25) is 0 Å². The van der Waals surface area contributed by atoms with Crippen LogP contribution in [0.2, 0.25) is 0 Å². The number of halogens is 3. The average molecular weight is 565 g/mol. The number of ketones is 1. The summed E-state index contributed by atoms with van der Waals surface area (Å²) in [4.78, 5) is 30.5. The van der Waals surface area contributed by atoms with Crippen LogP contribution < -0.4 is 5.69 Å². The van der Waals surface area contributed by atoms with Gasteiger partial charge < -0.3 is 4.57 Å². The molecule has 0 bridgehead atoms. The molecule has 0 radical (unpaired) electrons. The molecule has 0 saturated heterocycles. The third kappa shape index (κ3) is 5.47. The smallest absolute Gasteiger partial charge is 0.334 e. The Morgan fingerprint density at radius 2 is 1.83 bits per heavy atom. The van der Waals surface area contributed by atoms with Crippen LogP contribution >= 0.6 is 0 Å². The summed E-state index contributed by atoms with van der Waals surface area (Å²) < 4.78 is 44.3. The second-order valence-corrected chi connectivity index (χ2v) is 9.48. The van der Waals surface area contributed by atoms with E-state index in [1.807, 2.05) is 43.3 Å². The topological polar surface area (TPSA) is 116 Å². The van der Waals surface area contributed by atoms with Crippen LogP contribution in [-0.2, 0) is 19.5 Å². The van der Waals surface area contributed by atoms with Gasteiger partial charge in [0.1, 0.15) is 5.82 Å². The molecule has 0 aliphatic rings. The third-order valence-electron chi connectivity index (χ3n) is 6.82. The largest absolute Gasteiger partial charge is 0.455 e. The fourth-order valence-electron chi connectivity index (χ4n) is 4.77. The zero-order valence-corrected chi connectivity index (χ0v) is 22.4. The van der Waals surface area contributed by atoms with Crippen molar-refractivity contribution in [2.45, 2.75) is 52.4 Å². The predicted molar refractivity (Wildman–Crippen MR) is 145 cm³/mol. The Morgan fingerprint density at radius 3 is 2.46 bits per heavy atom. The molecule has 0 atom stereocenters. The Labute approximate surface area is 232 Å². The minimum absolute atomic E-state index is 0.0942. The number of aromatic nitrogens is 8. The monoisotopic (exact) mass is 564 g/mol. The van der Waals surface area contributed by atoms with Crippen LogP contribution in [0.3, 0.4) is 0 Å². The van der Waals surface area contributed by atoms with Gasteiger partial charge in [-0.3, -0.25) is 18.9 Å². The first-order valence-electron chi connectivity index (χ1n) is 13.1. The number of nitrogens with zero attached hydrogens (tertiary/aromatic N) is 7. The van der Waals surface area contributed by atoms with Crippen LogP contribution in [0, 0.1) is 0 Å². The fraction of sp³-hybridized carbons (Fsp3) is 0.286. The van der Waals surface area contributed by atoms with Gasteiger partial charge in [-0.05, 0) is 47.9 Å². The van der Waals surface area contributed by atoms with E-state index in [2.05, 4.69) is 25.6 Å². The molecule has 0 aliphatic carbocycles. The molecular weight excluding hydrogens is 537 g/mol. The van der Waals surface area contributed by atoms with Gasteiger partial charge >= 0.3 is 11.9 Å². The Balaban J connectivity index is 1.52. The van der Waals surface area contributed by atoms with E-state index in [0.717, 1.165) is 40.2 Å². The molecule has 10 nitrogen and oxygen atoms in total. The number of aromatic amines is 1. The first-order valence-corrected chi connectivity index (χ1v) is 13.1. The molecule has 0 fully saturated rings. The van der Waals surface area contributed by atoms with E-state index in [1.54, 1.807) is 13.1 Å². The van der Waals surface area contributed by atoms with E-state index < -0.39 is 23.2 Å². The highest BCUT2D eigenvalue weighted by molar-refractivity contribution is 6.03. The summed E-state index contributed by atoms with van der Waals surface area (Å²) in [6.07, 6.45) is 1.69. The number of carbonyl (C=O) groups is 1. The minimum Gasteiger partial charge on any atom is -0.334 e. The molecule has 5 rings (SSSR count). The number of imidazole rings is 1. The molecule has 0 spiro atoms. The molecule has 0 unspecified atom stereocenters. The van der Waals surface area contributed by atoms with Crippen molar-refractivity contribution >= 4 is 5.78 Å². The van der Waals surface area contributed by atoms with Gasteiger partial charge in [0, 0.05) is 42.0 Å². The first kappa shape index (κ1) is 27.7. The normalized spacial score (nSPS) is 11.7. The molecular formula is C28H27F3N8O2. The Bertz CT molecular complexity index is 1710. The van der Waals surface area contributed by atoms with E-state index >= 15 is 0 Å². The zero-order valence-electron chi connectivity index (χ0n) is 22.4. The summed E-state index contributed by atoms with van der Waals surface area (Å²) in [6.45, 7) is 4.17. The number of nitrogens with one attached hydrogen (secondary N) is 1. The molecule has 4 aromatic heterocycles. The minimum atomic E-state index is -5.07. The number of rotatable bonds is 10. The molecule has 0 aliphatic heterocycles. The maximum Gasteiger partial charge on any atom is 0.455 e. The number of hydrogen-bond donors (Lipinski definition) is 1. The highest BCUT2D eigenvalue weighted by Crippen LogP contribution is 2.29. The molecule has 0 amide bonds. The number of H-pyrrole nitrogens is 1. The van der Waals surface area contributed by atoms with Crippen molar-refractivity contribution < 1.29 is 18.0 Å². The van der Waals surface area contributed by atoms with Crippen molar-refractivity contribution in [3.63, 3.8) is 0 Å². The molecule has 212 valence electrons. The third-order valence-corrected chi connectivity index (χ3v) is 6.82. The summed E-state index contributed by atoms with van der Waals surface area (Å²) in [5.74, 6) is -1.58. The lowest BCUT2D eigenvalue weighted by molar-refractivity contribution is -0.0885. The van der Waals surface area contributed by atoms with E-state index in [-0.39, 0.29) is 18.9 Å². The van der Waals surface area contributed by atoms with E-state index in [9.17, 15) is 22.8 Å². The van der Waals surface area contributed by atoms with Gasteiger partial charge in [0.15, 0.2) is 5.82 Å². The van der Waals surface area contributed by atoms with Crippen molar-refractivity contribution in [3.8, 4) is 28.5 Å². The number of tetrazole rings is 1. The summed E-state index contributed by atoms with van der Waals surface area (Å²) in [7, 11) is 0. The van der Waals surface area contributed by atoms with E-state index in [4.69, 9.17) is 0 Å². The van der Waals surface area contributed by atoms with Crippen molar-refractivity contribution in [1.29, 1.82) is 0 Å². The maximum atomic E-state index is 13.7. The fourth-order valence-corrected chi connectivity index (χ4v) is 4.77. The number of benzene rings is 1. The highest BCUT2D eigenvalue weighted by atomic mass is 19.4. The molecule has 41 heavy (non-hydrogen) atoms. The molecule has 5 aromatic rings. The molecule has 13 heteroatoms. The Morgan fingerprint density at radius 1 is 1.05 bits per heavy atom. The molecule has 4 heterocycles. The predicted octanol–water partition coefficient (Wildman–Crippen LogP) is 4.84. The van der Waals surface area contributed by atoms with Crippen molar-refractivity contribution in [1.82, 2.24) is 39.3 Å². The summed E-state index contributed by atoms with van der Waals surface area (Å²) >= 11 is 0. The van der Waals surface area contributed by atoms with Crippen LogP contribution in [0.15, 0.2) is 65.8 Å². The quantitative estimate of drug-likeness (QED) is 0.243. The number of pyridine rings is 1. The van der Waals surface area contributed by atoms with Crippen LogP contribution in [0.5, 0.6) is 0 Å². The van der Waals surface area contributed by atoms with Gasteiger partial charge in [0.05, 0.1) is 17.8 Å². The lowest BCUT2D eigenvalue weighted by Gasteiger charge is -2.11. The number of alkyl halides is 3. The lowest BCUT2D eigenvalue weighted by atomic mass is 10.0. The van der Waals surface area contributed by atoms with E-state index in [0.29, 0.717) is 23.6 Å². The number of Topliss-reactive ketones (excluding diaryl/α,β-unsaturated/α-hetero) is 1. The van der Waals surface area contributed by atoms with Crippen LogP contribution in [0.25, 0.3) is 28.5 Å². The summed E-state index contributed by atoms with van der Waals surface area (Å²) in [5.41, 5.74) is 2.54. The Kier molecular flexibility index (Phi) is 7.68. The summed E-state index contributed by atoms with van der Waals surface area (Å²) in [6, 6.07) is 12.3. The van der Waals surface area contributed by atoms with Gasteiger partial charge in [-0.2, -0.15) is 13.2 Å². The van der Waals surface area contributed by atoms with Crippen molar-refractivity contribution in [3.05, 3.63) is 88.4 Å². The number of carbonyl (C=O) groups excluding carboxylic acids is 1. The second kappa shape index (κ2) is 11.4. The Hall–Kier alpha value is -4.81. The van der Waals surface area contributed by atoms with Crippen LogP contribution in [0.1, 0.15) is 48.3 Å². The zero-order chi connectivity index (χ0) is 29.1. The van der Waals surface area contributed by atoms with Crippen LogP contribution in [0.4, 0.5) is 13.2 Å². The van der Waals surface area contributed by atoms with E-state index in [1.165, 1.54) is 21.5 Å². The lowest BCUT2D eigenvalue weighted by Crippen LogP contribution is -2.29. The van der Waals surface area contributed by atoms with Gasteiger partial charge in [0.25, 0.3) is 5.78 Å². The van der Waals surface area contributed by atoms with Crippen molar-refractivity contribution in [2.75, 3.05) is 0 Å². The van der Waals surface area contributed by atoms with Gasteiger partial charge in [-0.1, -0.05) is 43.7 Å². The number of unbranched alkanes of at least 4 members (excludes halogenated alkanes) is 1. The van der Waals surface area contributed by atoms with Gasteiger partial charge in [-0.25, -0.2) is 9.89 Å².